The SMILES string of the molecule is COc1cc(S(=O)(=O)Nc2cnn(CC(=O)O)c2C)c(OC)cc1Br. The van der Waals surface area contributed by atoms with Crippen LogP contribution < -0.4 is 14.2 Å². The standard InChI is InChI=1S/C14H16BrN3O6S/c1-8-10(6-16-18(8)7-14(19)20)17-25(21,22)13-5-11(23-2)9(15)4-12(13)24-3/h4-6,17H,7H2,1-3H3,(H,19,20). The lowest BCUT2D eigenvalue weighted by atomic mass is 10.3. The van der Waals surface area contributed by atoms with Crippen LogP contribution >= 0.6 is 15.9 Å². The van der Waals surface area contributed by atoms with Gasteiger partial charge in [-0.25, -0.2) is 8.42 Å². The van der Waals surface area contributed by atoms with Gasteiger partial charge in [0.2, 0.25) is 0 Å². The Kier molecular flexibility index (Phi) is 5.58. The molecular formula is C14H16BrN3O6S. The van der Waals surface area contributed by atoms with Gasteiger partial charge >= 0.3 is 5.97 Å². The van der Waals surface area contributed by atoms with Gasteiger partial charge in [-0.3, -0.25) is 14.2 Å². The molecule has 0 saturated heterocycles. The minimum absolute atomic E-state index is 0.121. The molecule has 2 rings (SSSR count). The van der Waals surface area contributed by atoms with Crippen molar-refractivity contribution in [2.75, 3.05) is 18.9 Å². The number of aliphatic carboxylic acids is 1. The van der Waals surface area contributed by atoms with Crippen LogP contribution in [0.2, 0.25) is 0 Å². The lowest BCUT2D eigenvalue weighted by Crippen LogP contribution is -2.16. The van der Waals surface area contributed by atoms with Gasteiger partial charge in [-0.05, 0) is 28.9 Å². The summed E-state index contributed by atoms with van der Waals surface area (Å²) in [5.74, 6) is -0.643. The largest absolute Gasteiger partial charge is 0.496 e. The van der Waals surface area contributed by atoms with Crippen LogP contribution in [0.5, 0.6) is 11.5 Å². The number of aromatic nitrogens is 2. The fourth-order valence-electron chi connectivity index (χ4n) is 2.08. The van der Waals surface area contributed by atoms with E-state index < -0.39 is 16.0 Å². The minimum atomic E-state index is -4.02. The molecule has 2 N–H and O–H groups in total. The van der Waals surface area contributed by atoms with E-state index in [-0.39, 0.29) is 22.9 Å². The number of halogens is 1. The summed E-state index contributed by atoms with van der Waals surface area (Å²) in [6.07, 6.45) is 1.25. The van der Waals surface area contributed by atoms with Gasteiger partial charge in [-0.15, -0.1) is 0 Å². The van der Waals surface area contributed by atoms with Crippen molar-refractivity contribution in [2.24, 2.45) is 0 Å². The summed E-state index contributed by atoms with van der Waals surface area (Å²) in [6.45, 7) is 1.19. The van der Waals surface area contributed by atoms with E-state index in [0.717, 1.165) is 0 Å². The number of carboxylic acids is 1. The molecule has 0 radical (unpaired) electrons. The highest BCUT2D eigenvalue weighted by Crippen LogP contribution is 2.36. The van der Waals surface area contributed by atoms with Crippen LogP contribution in [0.1, 0.15) is 5.69 Å². The third-order valence-electron chi connectivity index (χ3n) is 3.36. The molecule has 0 fully saturated rings. The average Bonchev–Trinajstić information content (AvgIpc) is 2.86. The third kappa shape index (κ3) is 4.04. The van der Waals surface area contributed by atoms with Crippen LogP contribution in [0, 0.1) is 6.92 Å². The van der Waals surface area contributed by atoms with Crippen LogP contribution in [0.25, 0.3) is 0 Å². The minimum Gasteiger partial charge on any atom is -0.496 e. The first kappa shape index (κ1) is 19.1. The van der Waals surface area contributed by atoms with Gasteiger partial charge in [-0.2, -0.15) is 5.10 Å². The fourth-order valence-corrected chi connectivity index (χ4v) is 3.83. The Morgan fingerprint density at radius 1 is 1.32 bits per heavy atom. The van der Waals surface area contributed by atoms with E-state index in [1.54, 1.807) is 6.92 Å². The van der Waals surface area contributed by atoms with Gasteiger partial charge in [0.15, 0.2) is 0 Å². The molecule has 0 aliphatic carbocycles. The molecule has 0 unspecified atom stereocenters. The van der Waals surface area contributed by atoms with Crippen molar-refractivity contribution in [3.63, 3.8) is 0 Å². The predicted octanol–water partition coefficient (Wildman–Crippen LogP) is 1.86. The zero-order valence-corrected chi connectivity index (χ0v) is 16.0. The van der Waals surface area contributed by atoms with Crippen LogP contribution in [0.15, 0.2) is 27.7 Å². The highest BCUT2D eigenvalue weighted by molar-refractivity contribution is 9.10. The molecule has 25 heavy (non-hydrogen) atoms. The summed E-state index contributed by atoms with van der Waals surface area (Å²) in [5.41, 5.74) is 0.541. The number of rotatable bonds is 7. The number of anilines is 1. The average molecular weight is 434 g/mol. The first-order chi connectivity index (χ1) is 11.7. The number of hydrogen-bond donors (Lipinski definition) is 2. The summed E-state index contributed by atoms with van der Waals surface area (Å²) < 4.78 is 39.8. The monoisotopic (exact) mass is 433 g/mol. The highest BCUT2D eigenvalue weighted by Gasteiger charge is 2.24. The van der Waals surface area contributed by atoms with E-state index in [0.29, 0.717) is 15.9 Å². The number of carbonyl (C=O) groups is 1. The van der Waals surface area contributed by atoms with Crippen molar-refractivity contribution in [2.45, 2.75) is 18.4 Å². The number of hydrogen-bond acceptors (Lipinski definition) is 6. The molecule has 11 heteroatoms. The van der Waals surface area contributed by atoms with Crippen LogP contribution in [-0.4, -0.2) is 43.5 Å². The molecule has 0 spiro atoms. The molecule has 1 heterocycles. The maximum absolute atomic E-state index is 12.7. The second kappa shape index (κ2) is 7.31. The predicted molar refractivity (Wildman–Crippen MR) is 92.7 cm³/mol. The maximum atomic E-state index is 12.7. The Morgan fingerprint density at radius 3 is 2.52 bits per heavy atom. The smallest absolute Gasteiger partial charge is 0.325 e. The van der Waals surface area contributed by atoms with E-state index >= 15 is 0 Å². The number of nitrogens with zero attached hydrogens (tertiary/aromatic N) is 2. The van der Waals surface area contributed by atoms with E-state index in [9.17, 15) is 13.2 Å². The molecule has 1 aromatic heterocycles. The molecular weight excluding hydrogens is 418 g/mol. The molecule has 1 aromatic carbocycles. The summed E-state index contributed by atoms with van der Waals surface area (Å²) in [4.78, 5) is 10.7. The first-order valence-corrected chi connectivity index (χ1v) is 9.15. The zero-order valence-electron chi connectivity index (χ0n) is 13.6. The molecule has 136 valence electrons. The lowest BCUT2D eigenvalue weighted by Gasteiger charge is -2.14. The van der Waals surface area contributed by atoms with Gasteiger partial charge in [0.1, 0.15) is 22.9 Å². The Bertz CT molecular complexity index is 910. The zero-order chi connectivity index (χ0) is 18.8. The van der Waals surface area contributed by atoms with Crippen molar-refractivity contribution < 1.29 is 27.8 Å². The Morgan fingerprint density at radius 2 is 1.96 bits per heavy atom. The highest BCUT2D eigenvalue weighted by atomic mass is 79.9. The van der Waals surface area contributed by atoms with Crippen molar-refractivity contribution >= 4 is 37.6 Å². The number of carboxylic acid groups (broad SMARTS) is 1. The number of ether oxygens (including phenoxy) is 2. The molecule has 2 aromatic rings. The quantitative estimate of drug-likeness (QED) is 0.683. The van der Waals surface area contributed by atoms with Crippen LogP contribution in [0.3, 0.4) is 0 Å². The third-order valence-corrected chi connectivity index (χ3v) is 5.37. The summed E-state index contributed by atoms with van der Waals surface area (Å²) in [7, 11) is -1.26. The summed E-state index contributed by atoms with van der Waals surface area (Å²) in [6, 6.07) is 2.80. The van der Waals surface area contributed by atoms with Gasteiger partial charge in [0.05, 0.1) is 36.3 Å². The molecule has 0 bridgehead atoms. The molecule has 0 saturated carbocycles. The van der Waals surface area contributed by atoms with E-state index in [2.05, 4.69) is 25.8 Å². The molecule has 0 aliphatic rings. The Labute approximate surface area is 152 Å². The number of benzene rings is 1. The Balaban J connectivity index is 2.43. The van der Waals surface area contributed by atoms with Gasteiger partial charge < -0.3 is 14.6 Å². The molecule has 0 aliphatic heterocycles. The van der Waals surface area contributed by atoms with E-state index in [1.807, 2.05) is 0 Å². The summed E-state index contributed by atoms with van der Waals surface area (Å²) in [5, 5.41) is 12.7. The van der Waals surface area contributed by atoms with E-state index in [1.165, 1.54) is 37.2 Å². The van der Waals surface area contributed by atoms with E-state index in [4.69, 9.17) is 14.6 Å². The number of sulfonamides is 1. The normalized spacial score (nSPS) is 11.2. The van der Waals surface area contributed by atoms with Gasteiger partial charge in [-0.1, -0.05) is 0 Å². The van der Waals surface area contributed by atoms with Crippen molar-refractivity contribution in [1.29, 1.82) is 0 Å². The number of nitrogens with one attached hydrogen (secondary N) is 1. The fraction of sp³-hybridized carbons (Fsp3) is 0.286. The maximum Gasteiger partial charge on any atom is 0.325 e. The van der Waals surface area contributed by atoms with Crippen LogP contribution in [-0.2, 0) is 21.4 Å². The topological polar surface area (TPSA) is 120 Å². The first-order valence-electron chi connectivity index (χ1n) is 6.88. The van der Waals surface area contributed by atoms with Crippen molar-refractivity contribution in [1.82, 2.24) is 9.78 Å². The lowest BCUT2D eigenvalue weighted by molar-refractivity contribution is -0.137. The Hall–Kier alpha value is -2.27. The van der Waals surface area contributed by atoms with Gasteiger partial charge in [0, 0.05) is 6.07 Å². The molecule has 0 amide bonds. The second-order valence-corrected chi connectivity index (χ2v) is 7.44. The molecule has 0 atom stereocenters. The van der Waals surface area contributed by atoms with Crippen molar-refractivity contribution in [3.8, 4) is 11.5 Å². The molecule has 9 nitrogen and oxygen atoms in total. The number of methoxy groups -OCH3 is 2. The van der Waals surface area contributed by atoms with Crippen molar-refractivity contribution in [3.05, 3.63) is 28.5 Å². The summed E-state index contributed by atoms with van der Waals surface area (Å²) >= 11 is 3.26. The van der Waals surface area contributed by atoms with Crippen LogP contribution in [0.4, 0.5) is 5.69 Å². The second-order valence-electron chi connectivity index (χ2n) is 4.94. The van der Waals surface area contributed by atoms with Gasteiger partial charge in [0.25, 0.3) is 10.0 Å².